The zero-order chi connectivity index (χ0) is 66.3. The molecule has 0 unspecified atom stereocenters. The summed E-state index contributed by atoms with van der Waals surface area (Å²) in [4.78, 5) is 105. The van der Waals surface area contributed by atoms with Crippen LogP contribution in [0.1, 0.15) is 147 Å². The maximum Gasteiger partial charge on any atom is 0.408 e. The Balaban J connectivity index is 0.000000232. The Hall–Kier alpha value is -8.19. The van der Waals surface area contributed by atoms with Gasteiger partial charge in [0.2, 0.25) is 0 Å². The number of carbonyl (C=O) groups excluding carboxylic acids is 6. The van der Waals surface area contributed by atoms with E-state index in [0.717, 1.165) is 29.0 Å². The predicted octanol–water partition coefficient (Wildman–Crippen LogP) is 6.49. The predicted molar refractivity (Wildman–Crippen MR) is 327 cm³/mol. The van der Waals surface area contributed by atoms with E-state index in [1.807, 2.05) is 45.0 Å². The first-order valence-corrected chi connectivity index (χ1v) is 30.3. The van der Waals surface area contributed by atoms with Gasteiger partial charge in [-0.25, -0.2) is 24.2 Å². The van der Waals surface area contributed by atoms with Gasteiger partial charge >= 0.3 is 30.0 Å². The van der Waals surface area contributed by atoms with E-state index in [2.05, 4.69) is 10.5 Å². The van der Waals surface area contributed by atoms with Gasteiger partial charge in [0.25, 0.3) is 5.56 Å². The number of hydrogen-bond acceptors (Lipinski definition) is 21. The van der Waals surface area contributed by atoms with Gasteiger partial charge in [0.05, 0.1) is 70.9 Å². The number of amides is 1. The molecule has 2 aromatic heterocycles. The number of carbonyl (C=O) groups is 6. The summed E-state index contributed by atoms with van der Waals surface area (Å²) in [7, 11) is 0. The highest BCUT2D eigenvalue weighted by Crippen LogP contribution is 2.64. The summed E-state index contributed by atoms with van der Waals surface area (Å²) in [6, 6.07) is 24.0. The number of Topliss-reactive ketones (excluding diaryl/α,β-unsaturated/α-hetero) is 1. The fourth-order valence-electron chi connectivity index (χ4n) is 14.0. The van der Waals surface area contributed by atoms with Gasteiger partial charge in [-0.1, -0.05) is 92.7 Å². The molecule has 484 valence electrons. The quantitative estimate of drug-likeness (QED) is 0.0265. The number of benzene rings is 3. The van der Waals surface area contributed by atoms with E-state index in [9.17, 15) is 59.1 Å². The van der Waals surface area contributed by atoms with Crippen LogP contribution < -0.4 is 10.9 Å². The van der Waals surface area contributed by atoms with Gasteiger partial charge in [0, 0.05) is 47.3 Å². The molecular formula is C68H78N4O19. The van der Waals surface area contributed by atoms with E-state index < -0.39 is 130 Å². The maximum atomic E-state index is 14.9. The van der Waals surface area contributed by atoms with Crippen LogP contribution >= 0.6 is 0 Å². The number of oxime groups is 1. The molecule has 6 aliphatic rings. The summed E-state index contributed by atoms with van der Waals surface area (Å²) in [6.07, 6.45) is -9.72. The van der Waals surface area contributed by atoms with Gasteiger partial charge in [-0.2, -0.15) is 0 Å². The summed E-state index contributed by atoms with van der Waals surface area (Å²) in [5.41, 5.74) is -6.54. The van der Waals surface area contributed by atoms with Crippen molar-refractivity contribution in [3.63, 3.8) is 0 Å². The van der Waals surface area contributed by atoms with Crippen molar-refractivity contribution >= 4 is 52.9 Å². The second-order valence-electron chi connectivity index (χ2n) is 27.0. The van der Waals surface area contributed by atoms with Crippen LogP contribution in [0, 0.1) is 16.7 Å². The molecule has 12 atom stereocenters. The first kappa shape index (κ1) is 65.8. The van der Waals surface area contributed by atoms with E-state index >= 15 is 0 Å². The Labute approximate surface area is 525 Å². The summed E-state index contributed by atoms with van der Waals surface area (Å²) >= 11 is 0. The van der Waals surface area contributed by atoms with Gasteiger partial charge in [-0.05, 0) is 103 Å². The van der Waals surface area contributed by atoms with Crippen LogP contribution in [0.25, 0.3) is 22.3 Å². The number of hydrogen-bond donors (Lipinski definition) is 6. The normalized spacial score (nSPS) is 28.5. The Kier molecular flexibility index (Phi) is 17.2. The number of pyridine rings is 2. The first-order valence-electron chi connectivity index (χ1n) is 30.3. The molecule has 5 heterocycles. The van der Waals surface area contributed by atoms with Crippen molar-refractivity contribution < 1.29 is 87.6 Å². The number of esters is 4. The van der Waals surface area contributed by atoms with Crippen molar-refractivity contribution in [3.05, 3.63) is 146 Å². The van der Waals surface area contributed by atoms with Crippen molar-refractivity contribution in [2.75, 3.05) is 6.61 Å². The lowest BCUT2D eigenvalue weighted by Gasteiger charge is -2.67. The number of para-hydroxylation sites is 1. The number of ether oxygens (including phenoxy) is 6. The minimum absolute atomic E-state index is 0.0637. The van der Waals surface area contributed by atoms with Crippen molar-refractivity contribution in [1.29, 1.82) is 0 Å². The third-order valence-corrected chi connectivity index (χ3v) is 18.7. The minimum atomic E-state index is -2.35. The molecule has 1 amide bonds. The number of aliphatic hydroxyl groups is 5. The second kappa shape index (κ2) is 23.8. The number of nitrogens with one attached hydrogen (secondary N) is 1. The van der Waals surface area contributed by atoms with Gasteiger partial charge in [-0.3, -0.25) is 14.4 Å². The third kappa shape index (κ3) is 11.4. The SMILES string of the molecule is CC(=O)O[C@@]12CO[C@@H]1C[C@H](O)[C@@]1(C)C(=O)[C@H](O)C3=C(C)[C@@H](OC(=O)[C@H](O)[C@@H](NC(=O)OC(C)(C)C)c4ccccc4)C[C@@](O)([C@@H](OC(=O)c4ccccc4)[C@H]21)C3(C)C.CC[C@@]1(O)C(=O)OCc2c1cc1n(c2=O)Cc2c-1nc1ccccc1c2/C=N/OC(C)(C)C. The Morgan fingerprint density at radius 1 is 0.890 bits per heavy atom. The molecule has 23 heteroatoms. The van der Waals surface area contributed by atoms with E-state index in [4.69, 9.17) is 38.2 Å². The molecule has 5 aromatic rings. The fraction of sp³-hybridized carbons (Fsp3) is 0.485. The van der Waals surface area contributed by atoms with Gasteiger partial charge in [0.1, 0.15) is 47.8 Å². The number of ketones is 1. The summed E-state index contributed by atoms with van der Waals surface area (Å²) < 4.78 is 36.3. The molecular weight excluding hydrogens is 1180 g/mol. The van der Waals surface area contributed by atoms with Gasteiger partial charge in [-0.15, -0.1) is 0 Å². The van der Waals surface area contributed by atoms with Crippen LogP contribution in [0.4, 0.5) is 4.79 Å². The molecule has 0 radical (unpaired) electrons. The minimum Gasteiger partial charge on any atom is -0.458 e. The van der Waals surface area contributed by atoms with Crippen LogP contribution in [0.3, 0.4) is 0 Å². The van der Waals surface area contributed by atoms with Gasteiger partial charge < -0.3 is 68.7 Å². The summed E-state index contributed by atoms with van der Waals surface area (Å²) in [6.45, 7) is 19.4. The lowest BCUT2D eigenvalue weighted by molar-refractivity contribution is -0.346. The molecule has 6 N–H and O–H groups in total. The second-order valence-corrected chi connectivity index (χ2v) is 27.0. The van der Waals surface area contributed by atoms with E-state index in [1.165, 1.54) is 26.0 Å². The number of nitrogens with zero attached hydrogens (tertiary/aromatic N) is 3. The third-order valence-electron chi connectivity index (χ3n) is 18.7. The largest absolute Gasteiger partial charge is 0.458 e. The molecule has 0 spiro atoms. The molecule has 3 fully saturated rings. The van der Waals surface area contributed by atoms with Crippen LogP contribution in [-0.4, -0.2) is 143 Å². The summed E-state index contributed by atoms with van der Waals surface area (Å²) in [5.74, 6) is -6.10. The molecule has 3 aromatic carbocycles. The Morgan fingerprint density at radius 2 is 1.54 bits per heavy atom. The van der Waals surface area contributed by atoms with Crippen molar-refractivity contribution in [3.8, 4) is 11.4 Å². The van der Waals surface area contributed by atoms with Crippen molar-refractivity contribution in [2.45, 2.75) is 186 Å². The van der Waals surface area contributed by atoms with Crippen molar-refractivity contribution in [2.24, 2.45) is 21.9 Å². The molecule has 3 aliphatic carbocycles. The van der Waals surface area contributed by atoms with Crippen LogP contribution in [0.5, 0.6) is 0 Å². The number of cyclic esters (lactones) is 1. The average molecular weight is 1260 g/mol. The smallest absolute Gasteiger partial charge is 0.408 e. The number of aromatic nitrogens is 2. The van der Waals surface area contributed by atoms with Crippen molar-refractivity contribution in [1.82, 2.24) is 14.9 Å². The summed E-state index contributed by atoms with van der Waals surface area (Å²) in [5, 5.41) is 67.7. The molecule has 2 saturated carbocycles. The molecule has 11 rings (SSSR count). The van der Waals surface area contributed by atoms with Crippen LogP contribution in [-0.2, 0) is 71.2 Å². The average Bonchev–Trinajstić information content (AvgIpc) is 1.12. The zero-order valence-electron chi connectivity index (χ0n) is 52.9. The van der Waals surface area contributed by atoms with Crippen LogP contribution in [0.15, 0.2) is 112 Å². The molecule has 3 aliphatic heterocycles. The lowest BCUT2D eigenvalue weighted by atomic mass is 9.44. The molecule has 23 nitrogen and oxygen atoms in total. The highest BCUT2D eigenvalue weighted by Gasteiger charge is 2.78. The monoisotopic (exact) mass is 1250 g/mol. The highest BCUT2D eigenvalue weighted by atomic mass is 16.7. The van der Waals surface area contributed by atoms with E-state index in [1.54, 1.807) is 107 Å². The zero-order valence-corrected chi connectivity index (χ0v) is 52.9. The number of aliphatic hydroxyl groups excluding tert-OH is 3. The lowest BCUT2D eigenvalue weighted by Crippen LogP contribution is -2.81. The Bertz CT molecular complexity index is 3870. The number of rotatable bonds is 11. The topological polar surface area (TPSA) is 327 Å². The number of alkyl carbamates (subject to hydrolysis) is 1. The highest BCUT2D eigenvalue weighted by molar-refractivity contribution is 6.02. The molecule has 91 heavy (non-hydrogen) atoms. The Morgan fingerprint density at radius 3 is 2.15 bits per heavy atom. The number of fused-ring (bicyclic) bond motifs is 10. The van der Waals surface area contributed by atoms with Crippen LogP contribution in [0.2, 0.25) is 0 Å². The molecule has 2 bridgehead atoms. The fourth-order valence-corrected chi connectivity index (χ4v) is 14.0. The standard InChI is InChI=1S/C43H53NO14.C25H25N3O5/c1-22-26(55-37(51)32(48)30(24-15-11-9-12-16-24)44-38(52)58-39(3,4)5)20-43(53)35(56-36(50)25-17-13-10-14-18-25)33-41(8,34(49)31(47)29(22)40(43,6)7)27(46)19-28-42(33,21-54-28)57-23(2)45;1-5-25(31)18-10-20-21-16(12-28(20)22(29)17(18)13-32-23(25)30)15(11-26-33-24(2,3)4)14-8-6-7-9-19(14)27-21/h9-18,26-28,30-33,35,46-48,53H,19-21H2,1-8H3,(H,44,52);6-11,31H,5,12-13H2,1-4H3/b;26-11+/t26-,27-,28+,30-,31+,32+,33-,35-,41+,42-,43+;25-/m00/s1. The van der Waals surface area contributed by atoms with Gasteiger partial charge in [0.15, 0.2) is 23.1 Å². The first-order chi connectivity index (χ1) is 42.6. The maximum absolute atomic E-state index is 14.9. The van der Waals surface area contributed by atoms with E-state index in [0.29, 0.717) is 34.6 Å². The van der Waals surface area contributed by atoms with E-state index in [-0.39, 0.29) is 48.3 Å². The molecule has 1 saturated heterocycles.